The van der Waals surface area contributed by atoms with Gasteiger partial charge in [-0.25, -0.2) is 0 Å². The number of carbonyl (C=O) groups is 2. The number of benzene rings is 2. The number of rotatable bonds is 6. The standard InChI is InChI=1S/C23H24N2O6/c1-24(2)9-10-25-20(14-5-4-6-16(11-14)29-3)19(22(27)23(25)28)21(26)15-7-8-17-18(12-15)31-13-30-17/h4-8,11-12,20,26H,9-10,13H2,1-3H3/b21-19+. The molecule has 2 aliphatic heterocycles. The van der Waals surface area contributed by atoms with E-state index in [-0.39, 0.29) is 18.1 Å². The lowest BCUT2D eigenvalue weighted by atomic mass is 9.95. The number of ketones is 1. The predicted molar refractivity (Wildman–Crippen MR) is 113 cm³/mol. The molecule has 0 spiro atoms. The van der Waals surface area contributed by atoms with E-state index in [0.717, 1.165) is 0 Å². The first-order valence-electron chi connectivity index (χ1n) is 9.88. The van der Waals surface area contributed by atoms with E-state index in [4.69, 9.17) is 14.2 Å². The fourth-order valence-corrected chi connectivity index (χ4v) is 3.78. The highest BCUT2D eigenvalue weighted by molar-refractivity contribution is 6.46. The number of fused-ring (bicyclic) bond motifs is 1. The van der Waals surface area contributed by atoms with E-state index in [1.54, 1.807) is 43.5 Å². The largest absolute Gasteiger partial charge is 0.507 e. The summed E-state index contributed by atoms with van der Waals surface area (Å²) >= 11 is 0. The van der Waals surface area contributed by atoms with Crippen molar-refractivity contribution in [3.05, 3.63) is 59.2 Å². The predicted octanol–water partition coefficient (Wildman–Crippen LogP) is 2.41. The molecule has 1 saturated heterocycles. The Labute approximate surface area is 180 Å². The van der Waals surface area contributed by atoms with Gasteiger partial charge in [-0.15, -0.1) is 0 Å². The van der Waals surface area contributed by atoms with Crippen LogP contribution in [0.15, 0.2) is 48.0 Å². The number of methoxy groups -OCH3 is 1. The minimum Gasteiger partial charge on any atom is -0.507 e. The van der Waals surface area contributed by atoms with Crippen LogP contribution in [0.3, 0.4) is 0 Å². The highest BCUT2D eigenvalue weighted by Gasteiger charge is 2.46. The van der Waals surface area contributed by atoms with Gasteiger partial charge in [-0.3, -0.25) is 9.59 Å². The number of ether oxygens (including phenoxy) is 3. The second-order valence-corrected chi connectivity index (χ2v) is 7.64. The van der Waals surface area contributed by atoms with Gasteiger partial charge in [-0.1, -0.05) is 12.1 Å². The number of nitrogens with zero attached hydrogens (tertiary/aromatic N) is 2. The molecule has 0 saturated carbocycles. The van der Waals surface area contributed by atoms with Crippen LogP contribution >= 0.6 is 0 Å². The third-order valence-corrected chi connectivity index (χ3v) is 5.38. The summed E-state index contributed by atoms with van der Waals surface area (Å²) in [5.41, 5.74) is 1.10. The summed E-state index contributed by atoms with van der Waals surface area (Å²) < 4.78 is 16.0. The quantitative estimate of drug-likeness (QED) is 0.433. The molecule has 1 amide bonds. The molecule has 2 heterocycles. The molecule has 1 unspecified atom stereocenters. The number of Topliss-reactive ketones (excluding diaryl/α,β-unsaturated/α-hetero) is 1. The summed E-state index contributed by atoms with van der Waals surface area (Å²) in [4.78, 5) is 29.4. The molecule has 0 bridgehead atoms. The van der Waals surface area contributed by atoms with Gasteiger partial charge in [0.1, 0.15) is 11.5 Å². The van der Waals surface area contributed by atoms with Crippen LogP contribution in [0.2, 0.25) is 0 Å². The van der Waals surface area contributed by atoms with Crippen molar-refractivity contribution in [2.45, 2.75) is 6.04 Å². The van der Waals surface area contributed by atoms with Crippen molar-refractivity contribution in [3.63, 3.8) is 0 Å². The number of aliphatic hydroxyl groups excluding tert-OH is 1. The highest BCUT2D eigenvalue weighted by atomic mass is 16.7. The highest BCUT2D eigenvalue weighted by Crippen LogP contribution is 2.41. The molecular formula is C23H24N2O6. The van der Waals surface area contributed by atoms with Gasteiger partial charge in [0.25, 0.3) is 11.7 Å². The van der Waals surface area contributed by atoms with E-state index >= 15 is 0 Å². The molecule has 2 aliphatic rings. The summed E-state index contributed by atoms with van der Waals surface area (Å²) in [6.07, 6.45) is 0. The van der Waals surface area contributed by atoms with E-state index in [2.05, 4.69) is 0 Å². The molecule has 31 heavy (non-hydrogen) atoms. The summed E-state index contributed by atoms with van der Waals surface area (Å²) in [7, 11) is 5.34. The lowest BCUT2D eigenvalue weighted by Gasteiger charge is -2.26. The van der Waals surface area contributed by atoms with E-state index < -0.39 is 17.7 Å². The fourth-order valence-electron chi connectivity index (χ4n) is 3.78. The second-order valence-electron chi connectivity index (χ2n) is 7.64. The van der Waals surface area contributed by atoms with Crippen LogP contribution in [0, 0.1) is 0 Å². The molecule has 0 aliphatic carbocycles. The van der Waals surface area contributed by atoms with Gasteiger partial charge in [0.05, 0.1) is 18.7 Å². The van der Waals surface area contributed by atoms with E-state index in [0.29, 0.717) is 41.5 Å². The third-order valence-electron chi connectivity index (χ3n) is 5.38. The summed E-state index contributed by atoms with van der Waals surface area (Å²) in [6, 6.07) is 11.3. The number of likely N-dealkylation sites (tertiary alicyclic amines) is 1. The Hall–Kier alpha value is -3.52. The normalized spacial score (nSPS) is 19.4. The van der Waals surface area contributed by atoms with Crippen LogP contribution < -0.4 is 14.2 Å². The van der Waals surface area contributed by atoms with Crippen LogP contribution in [0.4, 0.5) is 0 Å². The molecular weight excluding hydrogens is 400 g/mol. The van der Waals surface area contributed by atoms with Crippen LogP contribution in [0.25, 0.3) is 5.76 Å². The smallest absolute Gasteiger partial charge is 0.295 e. The van der Waals surface area contributed by atoms with Gasteiger partial charge < -0.3 is 29.1 Å². The Kier molecular flexibility index (Phi) is 5.56. The molecule has 8 heteroatoms. The lowest BCUT2D eigenvalue weighted by molar-refractivity contribution is -0.140. The zero-order chi connectivity index (χ0) is 22.1. The maximum Gasteiger partial charge on any atom is 0.295 e. The molecule has 4 rings (SSSR count). The minimum atomic E-state index is -0.736. The lowest BCUT2D eigenvalue weighted by Crippen LogP contribution is -2.35. The first-order chi connectivity index (χ1) is 14.9. The van der Waals surface area contributed by atoms with Crippen molar-refractivity contribution in [1.29, 1.82) is 0 Å². The maximum atomic E-state index is 13.0. The molecule has 0 radical (unpaired) electrons. The second kappa shape index (κ2) is 8.31. The van der Waals surface area contributed by atoms with Gasteiger partial charge in [0.15, 0.2) is 11.5 Å². The van der Waals surface area contributed by atoms with Crippen molar-refractivity contribution in [3.8, 4) is 17.2 Å². The van der Waals surface area contributed by atoms with Crippen molar-refractivity contribution in [1.82, 2.24) is 9.80 Å². The first kappa shape index (κ1) is 20.7. The molecule has 1 fully saturated rings. The van der Waals surface area contributed by atoms with Gasteiger partial charge in [0, 0.05) is 18.7 Å². The Balaban J connectivity index is 1.84. The van der Waals surface area contributed by atoms with Crippen LogP contribution in [-0.4, -0.2) is 67.7 Å². The number of aliphatic hydroxyl groups is 1. The topological polar surface area (TPSA) is 88.5 Å². The van der Waals surface area contributed by atoms with Crippen molar-refractivity contribution in [2.75, 3.05) is 41.1 Å². The molecule has 1 N–H and O–H groups in total. The van der Waals surface area contributed by atoms with Crippen LogP contribution in [-0.2, 0) is 9.59 Å². The SMILES string of the molecule is COc1cccc(C2/C(=C(\O)c3ccc4c(c3)OCO4)C(=O)C(=O)N2CCN(C)C)c1. The number of amides is 1. The fraction of sp³-hybridized carbons (Fsp3) is 0.304. The minimum absolute atomic E-state index is 0.0378. The molecule has 2 aromatic rings. The van der Waals surface area contributed by atoms with E-state index in [1.807, 2.05) is 25.1 Å². The number of carbonyl (C=O) groups excluding carboxylic acids is 2. The zero-order valence-corrected chi connectivity index (χ0v) is 17.6. The van der Waals surface area contributed by atoms with Crippen molar-refractivity contribution >= 4 is 17.4 Å². The molecule has 8 nitrogen and oxygen atoms in total. The Bertz CT molecular complexity index is 1060. The Morgan fingerprint density at radius 2 is 1.94 bits per heavy atom. The molecule has 2 aromatic carbocycles. The number of likely N-dealkylation sites (N-methyl/N-ethyl adjacent to an activating group) is 1. The summed E-state index contributed by atoms with van der Waals surface area (Å²) in [5.74, 6) is 0.0189. The van der Waals surface area contributed by atoms with E-state index in [1.165, 1.54) is 4.90 Å². The summed E-state index contributed by atoms with van der Waals surface area (Å²) in [6.45, 7) is 0.993. The van der Waals surface area contributed by atoms with Gasteiger partial charge in [-0.05, 0) is 50.0 Å². The van der Waals surface area contributed by atoms with Crippen molar-refractivity contribution < 1.29 is 28.9 Å². The third kappa shape index (κ3) is 3.82. The molecule has 1 atom stereocenters. The summed E-state index contributed by atoms with van der Waals surface area (Å²) in [5, 5.41) is 11.1. The maximum absolute atomic E-state index is 13.0. The Morgan fingerprint density at radius 1 is 1.16 bits per heavy atom. The number of hydrogen-bond acceptors (Lipinski definition) is 7. The monoisotopic (exact) mass is 424 g/mol. The number of hydrogen-bond donors (Lipinski definition) is 1. The van der Waals surface area contributed by atoms with Crippen LogP contribution in [0.1, 0.15) is 17.2 Å². The van der Waals surface area contributed by atoms with Crippen molar-refractivity contribution in [2.24, 2.45) is 0 Å². The first-order valence-corrected chi connectivity index (χ1v) is 9.88. The Morgan fingerprint density at radius 3 is 2.68 bits per heavy atom. The van der Waals surface area contributed by atoms with Gasteiger partial charge in [0.2, 0.25) is 6.79 Å². The zero-order valence-electron chi connectivity index (χ0n) is 17.6. The molecule has 162 valence electrons. The molecule has 0 aromatic heterocycles. The van der Waals surface area contributed by atoms with Crippen LogP contribution in [0.5, 0.6) is 17.2 Å². The van der Waals surface area contributed by atoms with Gasteiger partial charge >= 0.3 is 0 Å². The van der Waals surface area contributed by atoms with E-state index in [9.17, 15) is 14.7 Å². The average molecular weight is 424 g/mol. The average Bonchev–Trinajstić information content (AvgIpc) is 3.34. The van der Waals surface area contributed by atoms with Gasteiger partial charge in [-0.2, -0.15) is 0 Å².